The lowest BCUT2D eigenvalue weighted by Crippen LogP contribution is -2.68. The van der Waals surface area contributed by atoms with E-state index in [0.717, 1.165) is 43.0 Å². The number of hydrogen-bond acceptors (Lipinski definition) is 15. The van der Waals surface area contributed by atoms with Crippen LogP contribution < -0.4 is 21.5 Å². The van der Waals surface area contributed by atoms with E-state index < -0.39 is 64.4 Å². The van der Waals surface area contributed by atoms with E-state index in [4.69, 9.17) is 25.6 Å². The maximum absolute atomic E-state index is 13.4. The predicted molar refractivity (Wildman–Crippen MR) is 169 cm³/mol. The van der Waals surface area contributed by atoms with Gasteiger partial charge < -0.3 is 31.5 Å². The zero-order chi connectivity index (χ0) is 34.1. The average molecular weight is 692 g/mol. The van der Waals surface area contributed by atoms with Gasteiger partial charge in [0.2, 0.25) is 0 Å². The normalized spacial score (nSPS) is 18.8. The number of nitrogen functional groups attached to an aromatic ring is 2. The number of aliphatic carboxylic acids is 1. The summed E-state index contributed by atoms with van der Waals surface area (Å²) in [5, 5.41) is 19.4. The van der Waals surface area contributed by atoms with Crippen molar-refractivity contribution in [1.29, 1.82) is 0 Å². The van der Waals surface area contributed by atoms with Crippen molar-refractivity contribution in [2.24, 2.45) is 17.0 Å². The third-order valence-electron chi connectivity index (χ3n) is 7.95. The minimum Gasteiger partial charge on any atom is -0.489 e. The first kappa shape index (κ1) is 33.9. The van der Waals surface area contributed by atoms with Crippen molar-refractivity contribution < 1.29 is 46.3 Å². The van der Waals surface area contributed by atoms with Crippen LogP contribution in [0.15, 0.2) is 34.8 Å². The zero-order valence-corrected chi connectivity index (χ0v) is 26.9. The highest BCUT2D eigenvalue weighted by Crippen LogP contribution is 2.40. The van der Waals surface area contributed by atoms with E-state index in [1.54, 1.807) is 18.2 Å². The number of Topliss-reactive ketones (excluding diaryl/α,β-unsaturated/α-hetero) is 1. The van der Waals surface area contributed by atoms with Crippen LogP contribution in [0.5, 0.6) is 5.75 Å². The summed E-state index contributed by atoms with van der Waals surface area (Å²) in [6.45, 7) is 4.34. The van der Waals surface area contributed by atoms with E-state index in [0.29, 0.717) is 33.3 Å². The van der Waals surface area contributed by atoms with Crippen LogP contribution in [0.25, 0.3) is 10.9 Å². The number of β-lactam (4-membered cyclic amide) rings is 1. The predicted octanol–water partition coefficient (Wildman–Crippen LogP) is 1.19. The summed E-state index contributed by atoms with van der Waals surface area (Å²) in [4.78, 5) is 51.9. The first-order valence-electron chi connectivity index (χ1n) is 14.4. The molecule has 5 rings (SSSR count). The Hall–Kier alpha value is -4.43. The number of aromatic nitrogens is 2. The molecule has 0 radical (unpaired) electrons. The number of benzene rings is 1. The Kier molecular flexibility index (Phi) is 9.64. The molecule has 1 unspecified atom stereocenters. The number of carboxylic acids is 1. The zero-order valence-electron chi connectivity index (χ0n) is 25.3. The largest absolute Gasteiger partial charge is 0.489 e. The monoisotopic (exact) mass is 691 g/mol. The topological polar surface area (TPSA) is 259 Å². The van der Waals surface area contributed by atoms with E-state index in [9.17, 15) is 27.9 Å². The molecule has 17 nitrogen and oxygen atoms in total. The number of carboxylic acid groups (broad SMARTS) is 1. The number of nitrogens with two attached hydrogens (primary N) is 2. The summed E-state index contributed by atoms with van der Waals surface area (Å²) in [5.74, 6) is -3.26. The van der Waals surface area contributed by atoms with E-state index in [-0.39, 0.29) is 10.8 Å². The molecule has 1 aromatic carbocycles. The summed E-state index contributed by atoms with van der Waals surface area (Å²) >= 11 is 0.984. The standard InChI is InChI=1S/C28H33N7O10S2/c1-28(2)18(25(37)35(28)45-47(40,41)42)9-22(36)24(21-13-46-27(30)33-21)34-44-23(26(38)39)12-43-16-5-6-20-17(8-16)19(29)7-15(32-20)4-3-14-10-31-11-14/h5-8,13-14,18,23,31H,3-4,9-12H2,1-2H3,(H2,29,32)(H2,30,33)(H,38,39)(H,40,41,42)/b34-24-/t18?,23-/m0/s1. The molecule has 2 atom stereocenters. The fraction of sp³-hybridized carbons (Fsp3) is 0.429. The molecule has 2 aliphatic heterocycles. The van der Waals surface area contributed by atoms with Crippen LogP contribution in [0.4, 0.5) is 10.8 Å². The lowest BCUT2D eigenvalue weighted by atomic mass is 9.74. The van der Waals surface area contributed by atoms with Gasteiger partial charge in [0.05, 0.1) is 17.0 Å². The van der Waals surface area contributed by atoms with E-state index >= 15 is 0 Å². The third kappa shape index (κ3) is 7.76. The van der Waals surface area contributed by atoms with Crippen molar-refractivity contribution in [2.75, 3.05) is 31.2 Å². The lowest BCUT2D eigenvalue weighted by Gasteiger charge is -2.50. The number of rotatable bonds is 15. The molecule has 0 saturated carbocycles. The summed E-state index contributed by atoms with van der Waals surface area (Å²) in [6, 6.07) is 6.80. The Balaban J connectivity index is 1.27. The number of nitrogens with zero attached hydrogens (tertiary/aromatic N) is 4. The fourth-order valence-corrected chi connectivity index (χ4v) is 6.13. The number of anilines is 2. The van der Waals surface area contributed by atoms with Gasteiger partial charge in [0.25, 0.3) is 12.0 Å². The van der Waals surface area contributed by atoms with E-state index in [2.05, 4.69) is 24.7 Å². The van der Waals surface area contributed by atoms with Crippen LogP contribution in [0.1, 0.15) is 38.1 Å². The fourth-order valence-electron chi connectivity index (χ4n) is 5.13. The van der Waals surface area contributed by atoms with Gasteiger partial charge in [-0.25, -0.2) is 9.78 Å². The summed E-state index contributed by atoms with van der Waals surface area (Å²) < 4.78 is 41.2. The van der Waals surface area contributed by atoms with Gasteiger partial charge in [-0.05, 0) is 70.0 Å². The van der Waals surface area contributed by atoms with Crippen LogP contribution in [-0.2, 0) is 40.3 Å². The Morgan fingerprint density at radius 1 is 1.23 bits per heavy atom. The van der Waals surface area contributed by atoms with Gasteiger partial charge in [-0.3, -0.25) is 19.1 Å². The molecule has 0 spiro atoms. The number of carbonyl (C=O) groups excluding carboxylic acids is 2. The van der Waals surface area contributed by atoms with Crippen LogP contribution in [-0.4, -0.2) is 87.8 Å². The molecular formula is C28H33N7O10S2. The molecule has 47 heavy (non-hydrogen) atoms. The van der Waals surface area contributed by atoms with Crippen molar-refractivity contribution in [1.82, 2.24) is 20.3 Å². The molecule has 2 saturated heterocycles. The van der Waals surface area contributed by atoms with Gasteiger partial charge in [0.15, 0.2) is 16.6 Å². The van der Waals surface area contributed by atoms with Gasteiger partial charge in [-0.15, -0.1) is 15.6 Å². The van der Waals surface area contributed by atoms with Gasteiger partial charge in [-0.1, -0.05) is 5.16 Å². The molecule has 4 heterocycles. The number of hydroxylamine groups is 2. The second kappa shape index (κ2) is 13.4. The Labute approximate surface area is 272 Å². The molecule has 0 bridgehead atoms. The molecule has 252 valence electrons. The number of thiazole rings is 1. The smallest absolute Gasteiger partial charge is 0.418 e. The quantitative estimate of drug-likeness (QED) is 0.0649. The Morgan fingerprint density at radius 2 is 1.98 bits per heavy atom. The first-order chi connectivity index (χ1) is 22.1. The number of fused-ring (bicyclic) bond motifs is 1. The van der Waals surface area contributed by atoms with Crippen molar-refractivity contribution in [3.05, 3.63) is 41.0 Å². The molecule has 1 amide bonds. The number of hydrogen-bond donors (Lipinski definition) is 5. The number of nitrogens with one attached hydrogen (secondary N) is 1. The van der Waals surface area contributed by atoms with E-state index in [1.807, 2.05) is 6.07 Å². The molecule has 0 aliphatic carbocycles. The second-order valence-corrected chi connectivity index (χ2v) is 13.6. The first-order valence-corrected chi connectivity index (χ1v) is 16.6. The third-order valence-corrected chi connectivity index (χ3v) is 8.96. The second-order valence-electron chi connectivity index (χ2n) is 11.7. The van der Waals surface area contributed by atoms with Gasteiger partial charge in [0.1, 0.15) is 18.1 Å². The van der Waals surface area contributed by atoms with Gasteiger partial charge in [0, 0.05) is 28.6 Å². The van der Waals surface area contributed by atoms with E-state index in [1.165, 1.54) is 19.2 Å². The molecule has 2 aromatic heterocycles. The van der Waals surface area contributed by atoms with Crippen LogP contribution in [0.3, 0.4) is 0 Å². The molecule has 3 aromatic rings. The highest BCUT2D eigenvalue weighted by Gasteiger charge is 2.57. The van der Waals surface area contributed by atoms with Crippen LogP contribution in [0, 0.1) is 11.8 Å². The molecule has 7 N–H and O–H groups in total. The minimum absolute atomic E-state index is 0.0283. The number of oxime groups is 1. The molecule has 19 heteroatoms. The number of aryl methyl sites for hydroxylation is 1. The molecule has 2 aliphatic rings. The summed E-state index contributed by atoms with van der Waals surface area (Å²) in [7, 11) is -4.99. The Morgan fingerprint density at radius 3 is 2.57 bits per heavy atom. The highest BCUT2D eigenvalue weighted by atomic mass is 32.3. The summed E-state index contributed by atoms with van der Waals surface area (Å²) in [5.41, 5.74) is 12.3. The molecule has 2 fully saturated rings. The van der Waals surface area contributed by atoms with Crippen molar-refractivity contribution in [3.8, 4) is 5.75 Å². The van der Waals surface area contributed by atoms with Crippen LogP contribution >= 0.6 is 11.3 Å². The average Bonchev–Trinajstić information content (AvgIpc) is 3.40. The molecular weight excluding hydrogens is 658 g/mol. The number of ether oxygens (including phenoxy) is 1. The maximum atomic E-state index is 13.4. The van der Waals surface area contributed by atoms with Crippen molar-refractivity contribution in [3.63, 3.8) is 0 Å². The van der Waals surface area contributed by atoms with Crippen molar-refractivity contribution >= 4 is 66.8 Å². The van der Waals surface area contributed by atoms with Gasteiger partial charge >= 0.3 is 16.4 Å². The number of carbonyl (C=O) groups is 3. The maximum Gasteiger partial charge on any atom is 0.418 e. The van der Waals surface area contributed by atoms with Crippen LogP contribution in [0.2, 0.25) is 0 Å². The SMILES string of the molecule is CC1(C)C(CC(=O)/C(=N\O[C@@H](COc2ccc3nc(CCC4CNC4)cc(N)c3c2)C(=O)O)c2csc(N)n2)C(=O)N1OS(=O)(=O)O. The minimum atomic E-state index is -4.99. The van der Waals surface area contributed by atoms with Crippen molar-refractivity contribution in [2.45, 2.75) is 44.8 Å². The number of pyridine rings is 1. The summed E-state index contributed by atoms with van der Waals surface area (Å²) in [6.07, 6.45) is -0.368. The number of amides is 1. The highest BCUT2D eigenvalue weighted by molar-refractivity contribution is 7.80. The number of ketones is 1. The lowest BCUT2D eigenvalue weighted by molar-refractivity contribution is -0.228. The Bertz CT molecular complexity index is 1840. The van der Waals surface area contributed by atoms with Gasteiger partial charge in [-0.2, -0.15) is 13.5 Å².